The van der Waals surface area contributed by atoms with Crippen molar-refractivity contribution in [3.63, 3.8) is 0 Å². The maximum Gasteiger partial charge on any atom is 0.231 e. The molecule has 0 bridgehead atoms. The Hall–Kier alpha value is -1.26. The van der Waals surface area contributed by atoms with Crippen LogP contribution in [0, 0.1) is 11.8 Å². The number of nitrogens with zero attached hydrogens (tertiary/aromatic N) is 1. The standard InChI is InChI=1S/C17H28N2O2/c1-12(2)8-19(9-13(3)4)10-15(18)14-5-6-16-17(7-14)21-11-20-16/h5-7,12-13,15H,8-11,18H2,1-4H3. The van der Waals surface area contributed by atoms with Crippen LogP contribution in [0.25, 0.3) is 0 Å². The van der Waals surface area contributed by atoms with E-state index in [4.69, 9.17) is 15.2 Å². The van der Waals surface area contributed by atoms with Gasteiger partial charge in [0, 0.05) is 25.7 Å². The van der Waals surface area contributed by atoms with Crippen LogP contribution in [0.5, 0.6) is 11.5 Å². The van der Waals surface area contributed by atoms with E-state index in [1.807, 2.05) is 18.2 Å². The van der Waals surface area contributed by atoms with Crippen molar-refractivity contribution in [2.45, 2.75) is 33.7 Å². The van der Waals surface area contributed by atoms with E-state index < -0.39 is 0 Å². The smallest absolute Gasteiger partial charge is 0.231 e. The van der Waals surface area contributed by atoms with Gasteiger partial charge in [0.1, 0.15) is 0 Å². The average molecular weight is 292 g/mol. The highest BCUT2D eigenvalue weighted by atomic mass is 16.7. The fourth-order valence-electron chi connectivity index (χ4n) is 2.78. The highest BCUT2D eigenvalue weighted by molar-refractivity contribution is 5.45. The molecular weight excluding hydrogens is 264 g/mol. The molecule has 1 aliphatic heterocycles. The van der Waals surface area contributed by atoms with Gasteiger partial charge in [-0.3, -0.25) is 0 Å². The van der Waals surface area contributed by atoms with Crippen molar-refractivity contribution in [2.75, 3.05) is 26.4 Å². The molecule has 0 fully saturated rings. The van der Waals surface area contributed by atoms with Crippen molar-refractivity contribution in [1.82, 2.24) is 4.90 Å². The molecule has 118 valence electrons. The lowest BCUT2D eigenvalue weighted by molar-refractivity contribution is 0.174. The van der Waals surface area contributed by atoms with Crippen LogP contribution >= 0.6 is 0 Å². The minimum absolute atomic E-state index is 0.00278. The van der Waals surface area contributed by atoms with Crippen molar-refractivity contribution in [3.8, 4) is 11.5 Å². The zero-order valence-electron chi connectivity index (χ0n) is 13.6. The first kappa shape index (κ1) is 16.1. The van der Waals surface area contributed by atoms with E-state index in [0.717, 1.165) is 36.7 Å². The summed E-state index contributed by atoms with van der Waals surface area (Å²) in [6.45, 7) is 12.3. The van der Waals surface area contributed by atoms with Gasteiger partial charge in [0.05, 0.1) is 0 Å². The number of ether oxygens (including phenoxy) is 2. The summed E-state index contributed by atoms with van der Waals surface area (Å²) in [6, 6.07) is 6.00. The SMILES string of the molecule is CC(C)CN(CC(C)C)CC(N)c1ccc2c(c1)OCO2. The zero-order valence-corrected chi connectivity index (χ0v) is 13.6. The lowest BCUT2D eigenvalue weighted by Crippen LogP contribution is -2.37. The summed E-state index contributed by atoms with van der Waals surface area (Å²) in [5.41, 5.74) is 7.51. The predicted octanol–water partition coefficient (Wildman–Crippen LogP) is 3.03. The molecule has 1 heterocycles. The lowest BCUT2D eigenvalue weighted by Gasteiger charge is -2.29. The third-order valence-electron chi connectivity index (χ3n) is 3.53. The number of fused-ring (bicyclic) bond motifs is 1. The molecule has 1 atom stereocenters. The van der Waals surface area contributed by atoms with Gasteiger partial charge in [0.2, 0.25) is 6.79 Å². The molecule has 0 spiro atoms. The number of hydrogen-bond acceptors (Lipinski definition) is 4. The summed E-state index contributed by atoms with van der Waals surface area (Å²) < 4.78 is 10.8. The van der Waals surface area contributed by atoms with Gasteiger partial charge >= 0.3 is 0 Å². The van der Waals surface area contributed by atoms with Gasteiger partial charge in [-0.25, -0.2) is 0 Å². The molecule has 4 nitrogen and oxygen atoms in total. The number of rotatable bonds is 7. The van der Waals surface area contributed by atoms with Gasteiger partial charge in [-0.05, 0) is 29.5 Å². The summed E-state index contributed by atoms with van der Waals surface area (Å²) in [5, 5.41) is 0. The van der Waals surface area contributed by atoms with Gasteiger partial charge in [-0.15, -0.1) is 0 Å². The van der Waals surface area contributed by atoms with Gasteiger partial charge in [-0.2, -0.15) is 0 Å². The molecule has 1 unspecified atom stereocenters. The molecule has 1 aromatic rings. The second-order valence-electron chi connectivity index (χ2n) is 6.73. The second kappa shape index (κ2) is 7.14. The number of nitrogens with two attached hydrogens (primary N) is 1. The summed E-state index contributed by atoms with van der Waals surface area (Å²) in [5.74, 6) is 2.91. The van der Waals surface area contributed by atoms with Gasteiger partial charge in [0.15, 0.2) is 11.5 Å². The van der Waals surface area contributed by atoms with Gasteiger partial charge in [0.25, 0.3) is 0 Å². The van der Waals surface area contributed by atoms with Crippen LogP contribution < -0.4 is 15.2 Å². The Kier molecular flexibility index (Phi) is 5.48. The van der Waals surface area contributed by atoms with Crippen LogP contribution in [0.2, 0.25) is 0 Å². The summed E-state index contributed by atoms with van der Waals surface area (Å²) in [6.07, 6.45) is 0. The van der Waals surface area contributed by atoms with E-state index in [1.165, 1.54) is 0 Å². The van der Waals surface area contributed by atoms with Crippen LogP contribution in [0.15, 0.2) is 18.2 Å². The minimum atomic E-state index is -0.00278. The topological polar surface area (TPSA) is 47.7 Å². The minimum Gasteiger partial charge on any atom is -0.454 e. The molecule has 4 heteroatoms. The van der Waals surface area contributed by atoms with Crippen LogP contribution in [-0.4, -0.2) is 31.3 Å². The summed E-state index contributed by atoms with van der Waals surface area (Å²) in [4.78, 5) is 2.46. The van der Waals surface area contributed by atoms with Gasteiger partial charge < -0.3 is 20.1 Å². The van der Waals surface area contributed by atoms with Crippen molar-refractivity contribution in [2.24, 2.45) is 17.6 Å². The fraction of sp³-hybridized carbons (Fsp3) is 0.647. The summed E-state index contributed by atoms with van der Waals surface area (Å²) in [7, 11) is 0. The Balaban J connectivity index is 2.02. The number of hydrogen-bond donors (Lipinski definition) is 1. The Labute approximate surface area is 128 Å². The van der Waals surface area contributed by atoms with Crippen LogP contribution in [0.3, 0.4) is 0 Å². The predicted molar refractivity (Wildman–Crippen MR) is 85.6 cm³/mol. The Morgan fingerprint density at radius 2 is 1.62 bits per heavy atom. The van der Waals surface area contributed by atoms with E-state index in [0.29, 0.717) is 18.6 Å². The molecular formula is C17H28N2O2. The molecule has 1 aromatic carbocycles. The molecule has 1 aliphatic rings. The van der Waals surface area contributed by atoms with Crippen LogP contribution in [0.1, 0.15) is 39.3 Å². The van der Waals surface area contributed by atoms with E-state index in [1.54, 1.807) is 0 Å². The monoisotopic (exact) mass is 292 g/mol. The molecule has 0 radical (unpaired) electrons. The van der Waals surface area contributed by atoms with Crippen LogP contribution in [-0.2, 0) is 0 Å². The van der Waals surface area contributed by atoms with E-state index in [2.05, 4.69) is 32.6 Å². The first-order chi connectivity index (χ1) is 9.95. The summed E-state index contributed by atoms with van der Waals surface area (Å²) >= 11 is 0. The van der Waals surface area contributed by atoms with Crippen molar-refractivity contribution < 1.29 is 9.47 Å². The zero-order chi connectivity index (χ0) is 15.4. The molecule has 0 saturated heterocycles. The molecule has 0 aliphatic carbocycles. The third kappa shape index (κ3) is 4.61. The highest BCUT2D eigenvalue weighted by Crippen LogP contribution is 2.34. The first-order valence-electron chi connectivity index (χ1n) is 7.83. The fourth-order valence-corrected chi connectivity index (χ4v) is 2.78. The van der Waals surface area contributed by atoms with Crippen molar-refractivity contribution >= 4 is 0 Å². The molecule has 0 amide bonds. The quantitative estimate of drug-likeness (QED) is 0.839. The molecule has 0 saturated carbocycles. The Bertz CT molecular complexity index is 450. The van der Waals surface area contributed by atoms with Crippen molar-refractivity contribution in [1.29, 1.82) is 0 Å². The maximum atomic E-state index is 6.40. The second-order valence-corrected chi connectivity index (χ2v) is 6.73. The number of benzene rings is 1. The molecule has 2 N–H and O–H groups in total. The Morgan fingerprint density at radius 3 is 2.24 bits per heavy atom. The van der Waals surface area contributed by atoms with E-state index in [-0.39, 0.29) is 6.04 Å². The van der Waals surface area contributed by atoms with Gasteiger partial charge in [-0.1, -0.05) is 33.8 Å². The first-order valence-corrected chi connectivity index (χ1v) is 7.83. The molecule has 2 rings (SSSR count). The average Bonchev–Trinajstić information content (AvgIpc) is 2.83. The largest absolute Gasteiger partial charge is 0.454 e. The lowest BCUT2D eigenvalue weighted by atomic mass is 10.0. The molecule has 0 aromatic heterocycles. The Morgan fingerprint density at radius 1 is 1.00 bits per heavy atom. The normalized spacial score (nSPS) is 15.2. The molecule has 21 heavy (non-hydrogen) atoms. The van der Waals surface area contributed by atoms with Crippen LogP contribution in [0.4, 0.5) is 0 Å². The van der Waals surface area contributed by atoms with Crippen molar-refractivity contribution in [3.05, 3.63) is 23.8 Å². The highest BCUT2D eigenvalue weighted by Gasteiger charge is 2.18. The van der Waals surface area contributed by atoms with E-state index in [9.17, 15) is 0 Å². The third-order valence-corrected chi connectivity index (χ3v) is 3.53. The maximum absolute atomic E-state index is 6.40. The van der Waals surface area contributed by atoms with E-state index >= 15 is 0 Å².